The predicted octanol–water partition coefficient (Wildman–Crippen LogP) is -0.399. The Bertz CT molecular complexity index is 92.4. The predicted molar refractivity (Wildman–Crippen MR) is 23.1 cm³/mol. The molecule has 0 heterocycles. The molecule has 7 heavy (non-hydrogen) atoms. The van der Waals surface area contributed by atoms with Gasteiger partial charge in [0.25, 0.3) is 5.79 Å². The normalized spacial score (nSPS) is 10.6. The quantitative estimate of drug-likeness (QED) is 0.349. The zero-order valence-electron chi connectivity index (χ0n) is 4.05. The minimum absolute atomic E-state index is 0.0451. The Labute approximate surface area is 41.8 Å². The highest BCUT2D eigenvalue weighted by Crippen LogP contribution is 1.99. The molecule has 0 amide bonds. The third kappa shape index (κ3) is 2.15. The Morgan fingerprint density at radius 3 is 2.14 bits per heavy atom. The van der Waals surface area contributed by atoms with E-state index in [1.165, 1.54) is 13.0 Å². The average Bonchev–Trinajstić information content (AvgIpc) is 1.68. The van der Waals surface area contributed by atoms with Gasteiger partial charge in [-0.25, -0.2) is 0 Å². The van der Waals surface area contributed by atoms with Gasteiger partial charge in [0.1, 0.15) is 6.07 Å². The molecule has 3 nitrogen and oxygen atoms in total. The smallest absolute Gasteiger partial charge is 0.254 e. The molecule has 0 rings (SSSR count). The molecule has 0 bridgehead atoms. The number of aliphatic hydroxyl groups is 2. The molecule has 40 valence electrons. The molecule has 0 saturated carbocycles. The lowest BCUT2D eigenvalue weighted by Gasteiger charge is -2.06. The van der Waals surface area contributed by atoms with Crippen LogP contribution in [0.1, 0.15) is 13.3 Å². The number of hydrogen-bond acceptors (Lipinski definition) is 3. The van der Waals surface area contributed by atoms with Crippen molar-refractivity contribution in [3.63, 3.8) is 0 Å². The molecule has 0 atom stereocenters. The lowest BCUT2D eigenvalue weighted by Crippen LogP contribution is -2.23. The molecule has 0 radical (unpaired) electrons. The van der Waals surface area contributed by atoms with Crippen molar-refractivity contribution >= 4 is 0 Å². The van der Waals surface area contributed by atoms with Gasteiger partial charge in [0.05, 0.1) is 0 Å². The summed E-state index contributed by atoms with van der Waals surface area (Å²) in [5, 5.41) is 24.5. The maximum Gasteiger partial charge on any atom is 0.254 e. The van der Waals surface area contributed by atoms with Crippen molar-refractivity contribution in [2.24, 2.45) is 0 Å². The van der Waals surface area contributed by atoms with Gasteiger partial charge in [0.2, 0.25) is 0 Å². The number of nitrogens with zero attached hydrogens (tertiary/aromatic N) is 1. The van der Waals surface area contributed by atoms with Gasteiger partial charge in [-0.3, -0.25) is 0 Å². The Morgan fingerprint density at radius 2 is 2.14 bits per heavy atom. The van der Waals surface area contributed by atoms with Crippen molar-refractivity contribution in [2.45, 2.75) is 19.1 Å². The second-order valence-electron chi connectivity index (χ2n) is 1.28. The molecule has 0 aromatic carbocycles. The van der Waals surface area contributed by atoms with Crippen LogP contribution in [0.5, 0.6) is 0 Å². The van der Waals surface area contributed by atoms with Crippen molar-refractivity contribution in [1.82, 2.24) is 0 Å². The molecule has 0 aromatic rings. The summed E-state index contributed by atoms with van der Waals surface area (Å²) < 4.78 is 0. The fraction of sp³-hybridized carbons (Fsp3) is 0.750. The first-order valence-electron chi connectivity index (χ1n) is 1.98. The van der Waals surface area contributed by atoms with Crippen molar-refractivity contribution in [3.05, 3.63) is 0 Å². The van der Waals surface area contributed by atoms with E-state index in [-0.39, 0.29) is 6.42 Å². The van der Waals surface area contributed by atoms with Crippen molar-refractivity contribution in [3.8, 4) is 6.07 Å². The maximum atomic E-state index is 8.33. The van der Waals surface area contributed by atoms with Gasteiger partial charge >= 0.3 is 0 Å². The highest BCUT2D eigenvalue weighted by Gasteiger charge is 2.17. The second-order valence-corrected chi connectivity index (χ2v) is 1.28. The van der Waals surface area contributed by atoms with Crippen molar-refractivity contribution < 1.29 is 10.2 Å². The van der Waals surface area contributed by atoms with E-state index < -0.39 is 5.79 Å². The standard InChI is InChI=1S/C4H7NO2/c1-2-4(6,7)3-5/h6-7H,2H2,1H3. The van der Waals surface area contributed by atoms with Crippen molar-refractivity contribution in [2.75, 3.05) is 0 Å². The molecule has 0 spiro atoms. The van der Waals surface area contributed by atoms with E-state index in [0.29, 0.717) is 0 Å². The summed E-state index contributed by atoms with van der Waals surface area (Å²) in [4.78, 5) is 0. The van der Waals surface area contributed by atoms with Crippen LogP contribution in [0.15, 0.2) is 0 Å². The summed E-state index contributed by atoms with van der Waals surface area (Å²) in [6.45, 7) is 1.52. The molecule has 0 unspecified atom stereocenters. The lowest BCUT2D eigenvalue weighted by molar-refractivity contribution is -0.112. The summed E-state index contributed by atoms with van der Waals surface area (Å²) >= 11 is 0. The Balaban J connectivity index is 3.66. The highest BCUT2D eigenvalue weighted by atomic mass is 16.5. The van der Waals surface area contributed by atoms with Gasteiger partial charge in [-0.1, -0.05) is 6.92 Å². The Kier molecular flexibility index (Phi) is 1.75. The van der Waals surface area contributed by atoms with Gasteiger partial charge in [0.15, 0.2) is 0 Å². The minimum Gasteiger partial charge on any atom is -0.354 e. The molecular weight excluding hydrogens is 94.0 g/mol. The van der Waals surface area contributed by atoms with Gasteiger partial charge in [-0.05, 0) is 0 Å². The summed E-state index contributed by atoms with van der Waals surface area (Å²) in [6.07, 6.45) is 0.0451. The third-order valence-corrected chi connectivity index (χ3v) is 0.672. The molecule has 2 N–H and O–H groups in total. The molecule has 0 fully saturated rings. The number of rotatable bonds is 1. The summed E-state index contributed by atoms with van der Waals surface area (Å²) in [7, 11) is 0. The zero-order chi connectivity index (χ0) is 5.91. The molecule has 0 aliphatic heterocycles. The first-order chi connectivity index (χ1) is 3.12. The molecule has 0 aliphatic rings. The van der Waals surface area contributed by atoms with E-state index >= 15 is 0 Å². The fourth-order valence-corrected chi connectivity index (χ4v) is 0.0791. The first kappa shape index (κ1) is 6.41. The van der Waals surface area contributed by atoms with E-state index in [9.17, 15) is 0 Å². The van der Waals surface area contributed by atoms with E-state index in [2.05, 4.69) is 0 Å². The first-order valence-corrected chi connectivity index (χ1v) is 1.98. The van der Waals surface area contributed by atoms with Crippen LogP contribution in [-0.2, 0) is 0 Å². The monoisotopic (exact) mass is 101 g/mol. The molecule has 0 saturated heterocycles. The Hall–Kier alpha value is -0.590. The maximum absolute atomic E-state index is 8.33. The summed E-state index contributed by atoms with van der Waals surface area (Å²) in [6, 6.07) is 1.30. The van der Waals surface area contributed by atoms with Gasteiger partial charge in [0, 0.05) is 6.42 Å². The molecule has 0 aliphatic carbocycles. The van der Waals surface area contributed by atoms with E-state index in [1.807, 2.05) is 0 Å². The fourth-order valence-electron chi connectivity index (χ4n) is 0.0791. The second kappa shape index (κ2) is 1.92. The van der Waals surface area contributed by atoms with E-state index in [1.54, 1.807) is 0 Å². The average molecular weight is 101 g/mol. The van der Waals surface area contributed by atoms with Gasteiger partial charge < -0.3 is 10.2 Å². The molecule has 3 heteroatoms. The van der Waals surface area contributed by atoms with Crippen LogP contribution in [-0.4, -0.2) is 16.0 Å². The molecule has 0 aromatic heterocycles. The minimum atomic E-state index is -2.11. The van der Waals surface area contributed by atoms with Crippen LogP contribution in [0.2, 0.25) is 0 Å². The van der Waals surface area contributed by atoms with Crippen LogP contribution < -0.4 is 0 Å². The third-order valence-electron chi connectivity index (χ3n) is 0.672. The van der Waals surface area contributed by atoms with Crippen LogP contribution in [0.3, 0.4) is 0 Å². The number of nitriles is 1. The number of hydrogen-bond donors (Lipinski definition) is 2. The summed E-state index contributed by atoms with van der Waals surface area (Å²) in [5.41, 5.74) is 0. The lowest BCUT2D eigenvalue weighted by atomic mass is 10.2. The largest absolute Gasteiger partial charge is 0.354 e. The van der Waals surface area contributed by atoms with Crippen molar-refractivity contribution in [1.29, 1.82) is 5.26 Å². The molecular formula is C4H7NO2. The van der Waals surface area contributed by atoms with Crippen LogP contribution in [0.25, 0.3) is 0 Å². The zero-order valence-corrected chi connectivity index (χ0v) is 4.05. The Morgan fingerprint density at radius 1 is 1.71 bits per heavy atom. The van der Waals surface area contributed by atoms with E-state index in [0.717, 1.165) is 0 Å². The van der Waals surface area contributed by atoms with Crippen LogP contribution in [0.4, 0.5) is 0 Å². The van der Waals surface area contributed by atoms with Gasteiger partial charge in [-0.15, -0.1) is 0 Å². The topological polar surface area (TPSA) is 64.2 Å². The highest BCUT2D eigenvalue weighted by molar-refractivity contribution is 4.88. The van der Waals surface area contributed by atoms with E-state index in [4.69, 9.17) is 15.5 Å². The van der Waals surface area contributed by atoms with Crippen LogP contribution in [0, 0.1) is 11.3 Å². The summed E-state index contributed by atoms with van der Waals surface area (Å²) in [5.74, 6) is -2.11. The SMILES string of the molecule is CCC(O)(O)C#N. The van der Waals surface area contributed by atoms with Crippen LogP contribution >= 0.6 is 0 Å². The van der Waals surface area contributed by atoms with Gasteiger partial charge in [-0.2, -0.15) is 5.26 Å².